The summed E-state index contributed by atoms with van der Waals surface area (Å²) in [5.74, 6) is 0.0373. The van der Waals surface area contributed by atoms with Crippen molar-refractivity contribution in [2.24, 2.45) is 0 Å². The van der Waals surface area contributed by atoms with E-state index in [9.17, 15) is 13.9 Å². The molecule has 0 bridgehead atoms. The Morgan fingerprint density at radius 3 is 2.50 bits per heavy atom. The fourth-order valence-corrected chi connectivity index (χ4v) is 3.37. The van der Waals surface area contributed by atoms with Gasteiger partial charge in [0.25, 0.3) is 0 Å². The molecule has 0 aliphatic heterocycles. The molecular weight excluding hydrogens is 388 g/mol. The molecule has 0 aliphatic rings. The van der Waals surface area contributed by atoms with E-state index in [0.29, 0.717) is 30.4 Å². The van der Waals surface area contributed by atoms with Crippen LogP contribution < -0.4 is 4.74 Å². The lowest BCUT2D eigenvalue weighted by molar-refractivity contribution is 0.122. The Labute approximate surface area is 175 Å². The lowest BCUT2D eigenvalue weighted by Crippen LogP contribution is -2.31. The van der Waals surface area contributed by atoms with Gasteiger partial charge in [-0.15, -0.1) is 0 Å². The molecule has 30 heavy (non-hydrogen) atoms. The number of hydrogen-bond acceptors (Lipinski definition) is 4. The van der Waals surface area contributed by atoms with Crippen LogP contribution in [0.2, 0.25) is 0 Å². The predicted molar refractivity (Wildman–Crippen MR) is 112 cm³/mol. The molecular formula is C23H27F2N3O2. The van der Waals surface area contributed by atoms with Crippen molar-refractivity contribution < 1.29 is 18.6 Å². The molecule has 5 nitrogen and oxygen atoms in total. The van der Waals surface area contributed by atoms with Gasteiger partial charge in [0.2, 0.25) is 5.88 Å². The number of aryl methyl sites for hydroxylation is 1. The second-order valence-electron chi connectivity index (χ2n) is 7.40. The van der Waals surface area contributed by atoms with Crippen LogP contribution in [0.1, 0.15) is 31.5 Å². The second-order valence-corrected chi connectivity index (χ2v) is 7.40. The highest BCUT2D eigenvalue weighted by Gasteiger charge is 2.22. The number of aromatic nitrogens is 2. The van der Waals surface area contributed by atoms with Crippen molar-refractivity contribution >= 4 is 0 Å². The van der Waals surface area contributed by atoms with E-state index < -0.39 is 11.9 Å². The van der Waals surface area contributed by atoms with Crippen LogP contribution >= 0.6 is 0 Å². The zero-order chi connectivity index (χ0) is 21.7. The van der Waals surface area contributed by atoms with Crippen LogP contribution in [0.3, 0.4) is 0 Å². The largest absolute Gasteiger partial charge is 0.438 e. The quantitative estimate of drug-likeness (QED) is 0.543. The normalized spacial score (nSPS) is 12.4. The minimum atomic E-state index is -0.475. The van der Waals surface area contributed by atoms with Gasteiger partial charge in [0.05, 0.1) is 23.0 Å². The first-order valence-corrected chi connectivity index (χ1v) is 10.1. The van der Waals surface area contributed by atoms with Crippen LogP contribution in [0.4, 0.5) is 8.78 Å². The van der Waals surface area contributed by atoms with Crippen molar-refractivity contribution in [3.63, 3.8) is 0 Å². The van der Waals surface area contributed by atoms with Crippen LogP contribution in [0.25, 0.3) is 5.69 Å². The van der Waals surface area contributed by atoms with Gasteiger partial charge in [-0.25, -0.2) is 13.5 Å². The summed E-state index contributed by atoms with van der Waals surface area (Å²) in [6.07, 6.45) is 0.453. The van der Waals surface area contributed by atoms with Gasteiger partial charge >= 0.3 is 0 Å². The number of aliphatic hydroxyl groups excluding tert-OH is 1. The lowest BCUT2D eigenvalue weighted by Gasteiger charge is -2.23. The van der Waals surface area contributed by atoms with E-state index in [4.69, 9.17) is 4.74 Å². The predicted octanol–water partition coefficient (Wildman–Crippen LogP) is 4.84. The summed E-state index contributed by atoms with van der Waals surface area (Å²) < 4.78 is 34.8. The molecule has 0 saturated carbocycles. The highest BCUT2D eigenvalue weighted by molar-refractivity contribution is 5.43. The minimum Gasteiger partial charge on any atom is -0.438 e. The first kappa shape index (κ1) is 21.9. The van der Waals surface area contributed by atoms with Gasteiger partial charge in [0, 0.05) is 19.2 Å². The van der Waals surface area contributed by atoms with Crippen LogP contribution in [-0.2, 0) is 6.54 Å². The monoisotopic (exact) mass is 415 g/mol. The molecule has 1 atom stereocenters. The van der Waals surface area contributed by atoms with Crippen LogP contribution in [0.5, 0.6) is 11.6 Å². The van der Waals surface area contributed by atoms with Crippen LogP contribution in [0, 0.1) is 18.6 Å². The SMILES string of the molecule is CCCN(Cc1c(C)nn(-c2ccc(F)cc2)c1Oc1cccc(F)c1)C[C@@H](C)O. The van der Waals surface area contributed by atoms with Crippen molar-refractivity contribution in [1.29, 1.82) is 0 Å². The topological polar surface area (TPSA) is 50.5 Å². The van der Waals surface area contributed by atoms with E-state index in [1.807, 2.05) is 6.92 Å². The van der Waals surface area contributed by atoms with Gasteiger partial charge in [-0.1, -0.05) is 13.0 Å². The summed E-state index contributed by atoms with van der Waals surface area (Å²) in [7, 11) is 0. The van der Waals surface area contributed by atoms with Crippen molar-refractivity contribution in [2.75, 3.05) is 13.1 Å². The molecule has 0 radical (unpaired) electrons. The second kappa shape index (κ2) is 9.82. The summed E-state index contributed by atoms with van der Waals surface area (Å²) in [6.45, 7) is 7.52. The van der Waals surface area contributed by atoms with Gasteiger partial charge in [-0.05, 0) is 63.2 Å². The highest BCUT2D eigenvalue weighted by Crippen LogP contribution is 2.32. The zero-order valence-corrected chi connectivity index (χ0v) is 17.5. The average molecular weight is 415 g/mol. The zero-order valence-electron chi connectivity index (χ0n) is 17.5. The average Bonchev–Trinajstić information content (AvgIpc) is 2.98. The third kappa shape index (κ3) is 5.43. The van der Waals surface area contributed by atoms with Gasteiger partial charge in [0.1, 0.15) is 17.4 Å². The number of aliphatic hydroxyl groups is 1. The first-order chi connectivity index (χ1) is 14.4. The fraction of sp³-hybridized carbons (Fsp3) is 0.348. The molecule has 2 aromatic carbocycles. The fourth-order valence-electron chi connectivity index (χ4n) is 3.37. The molecule has 3 aromatic rings. The molecule has 7 heteroatoms. The highest BCUT2D eigenvalue weighted by atomic mass is 19.1. The van der Waals surface area contributed by atoms with Crippen molar-refractivity contribution in [3.05, 3.63) is 71.4 Å². The molecule has 0 amide bonds. The van der Waals surface area contributed by atoms with Crippen molar-refractivity contribution in [2.45, 2.75) is 39.8 Å². The van der Waals surface area contributed by atoms with Gasteiger partial charge in [-0.2, -0.15) is 5.10 Å². The molecule has 0 unspecified atom stereocenters. The number of halogens is 2. The number of rotatable bonds is 9. The Bertz CT molecular complexity index is 971. The number of hydrogen-bond donors (Lipinski definition) is 1. The smallest absolute Gasteiger partial charge is 0.227 e. The molecule has 1 aromatic heterocycles. The number of ether oxygens (including phenoxy) is 1. The van der Waals surface area contributed by atoms with E-state index in [-0.39, 0.29) is 5.82 Å². The van der Waals surface area contributed by atoms with Gasteiger partial charge < -0.3 is 9.84 Å². The standard InChI is InChI=1S/C23H27F2N3O2/c1-4-12-27(14-16(2)29)15-22-17(3)26-28(20-10-8-18(24)9-11-20)23(22)30-21-7-5-6-19(25)13-21/h5-11,13,16,29H,4,12,14-15H2,1-3H3/t16-/m1/s1. The van der Waals surface area contributed by atoms with E-state index in [2.05, 4.69) is 16.9 Å². The Kier molecular flexibility index (Phi) is 7.18. The third-order valence-corrected chi connectivity index (χ3v) is 4.66. The number of benzene rings is 2. The van der Waals surface area contributed by atoms with Crippen LogP contribution in [-0.4, -0.2) is 39.0 Å². The molecule has 0 spiro atoms. The summed E-state index contributed by atoms with van der Waals surface area (Å²) >= 11 is 0. The molecule has 1 N–H and O–H groups in total. The molecule has 1 heterocycles. The number of nitrogens with zero attached hydrogens (tertiary/aromatic N) is 3. The van der Waals surface area contributed by atoms with E-state index >= 15 is 0 Å². The van der Waals surface area contributed by atoms with E-state index in [1.165, 1.54) is 24.3 Å². The maximum Gasteiger partial charge on any atom is 0.227 e. The Balaban J connectivity index is 2.04. The first-order valence-electron chi connectivity index (χ1n) is 10.1. The summed E-state index contributed by atoms with van der Waals surface area (Å²) in [4.78, 5) is 2.13. The van der Waals surface area contributed by atoms with Gasteiger partial charge in [-0.3, -0.25) is 4.90 Å². The summed E-state index contributed by atoms with van der Waals surface area (Å²) in [5, 5.41) is 14.5. The minimum absolute atomic E-state index is 0.345. The maximum absolute atomic E-state index is 13.7. The molecule has 0 saturated heterocycles. The molecule has 3 rings (SSSR count). The Hall–Kier alpha value is -2.77. The maximum atomic E-state index is 13.7. The molecule has 160 valence electrons. The molecule has 0 fully saturated rings. The third-order valence-electron chi connectivity index (χ3n) is 4.66. The van der Waals surface area contributed by atoms with E-state index in [1.54, 1.807) is 35.9 Å². The lowest BCUT2D eigenvalue weighted by atomic mass is 10.2. The summed E-state index contributed by atoms with van der Waals surface area (Å²) in [6, 6.07) is 11.8. The Morgan fingerprint density at radius 1 is 1.13 bits per heavy atom. The van der Waals surface area contributed by atoms with Gasteiger partial charge in [0.15, 0.2) is 0 Å². The molecule has 0 aliphatic carbocycles. The van der Waals surface area contributed by atoms with Crippen molar-refractivity contribution in [1.82, 2.24) is 14.7 Å². The van der Waals surface area contributed by atoms with E-state index in [0.717, 1.165) is 24.2 Å². The van der Waals surface area contributed by atoms with Crippen molar-refractivity contribution in [3.8, 4) is 17.3 Å². The Morgan fingerprint density at radius 2 is 1.87 bits per heavy atom. The summed E-state index contributed by atoms with van der Waals surface area (Å²) in [5.41, 5.74) is 2.21. The van der Waals surface area contributed by atoms with Crippen LogP contribution in [0.15, 0.2) is 48.5 Å².